The van der Waals surface area contributed by atoms with E-state index in [0.29, 0.717) is 5.38 Å². The van der Waals surface area contributed by atoms with Gasteiger partial charge < -0.3 is 0 Å². The van der Waals surface area contributed by atoms with Gasteiger partial charge in [0, 0.05) is 17.0 Å². The predicted molar refractivity (Wildman–Crippen MR) is 81.7 cm³/mol. The van der Waals surface area contributed by atoms with E-state index in [2.05, 4.69) is 35.3 Å². The summed E-state index contributed by atoms with van der Waals surface area (Å²) >= 11 is 6.39. The Morgan fingerprint density at radius 3 is 2.89 bits per heavy atom. The van der Waals surface area contributed by atoms with Gasteiger partial charge in [-0.3, -0.25) is 4.98 Å². The van der Waals surface area contributed by atoms with Crippen LogP contribution in [0.1, 0.15) is 37.7 Å². The zero-order valence-electron chi connectivity index (χ0n) is 11.2. The van der Waals surface area contributed by atoms with E-state index in [1.54, 1.807) is 0 Å². The normalized spacial score (nSPS) is 24.3. The number of nitrogens with zero attached hydrogens (tertiary/aromatic N) is 1. The maximum Gasteiger partial charge on any atom is 0.0704 e. The second kappa shape index (κ2) is 5.92. The highest BCUT2D eigenvalue weighted by molar-refractivity contribution is 6.20. The number of para-hydroxylation sites is 1. The summed E-state index contributed by atoms with van der Waals surface area (Å²) < 4.78 is 0. The molecule has 2 atom stereocenters. The van der Waals surface area contributed by atoms with Crippen molar-refractivity contribution in [1.82, 2.24) is 4.98 Å². The summed E-state index contributed by atoms with van der Waals surface area (Å²) in [5, 5.41) is 1.68. The zero-order chi connectivity index (χ0) is 13.1. The van der Waals surface area contributed by atoms with Crippen LogP contribution in [0, 0.1) is 5.92 Å². The van der Waals surface area contributed by atoms with Crippen molar-refractivity contribution >= 4 is 22.5 Å². The van der Waals surface area contributed by atoms with Crippen LogP contribution in [0.2, 0.25) is 0 Å². The van der Waals surface area contributed by atoms with Gasteiger partial charge in [-0.25, -0.2) is 0 Å². The summed E-state index contributed by atoms with van der Waals surface area (Å²) in [7, 11) is 0. The van der Waals surface area contributed by atoms with Crippen molar-refractivity contribution in [3.8, 4) is 0 Å². The highest BCUT2D eigenvalue weighted by Gasteiger charge is 2.19. The maximum atomic E-state index is 6.39. The van der Waals surface area contributed by atoms with Crippen molar-refractivity contribution in [2.24, 2.45) is 5.92 Å². The number of pyridine rings is 1. The molecule has 1 aromatic carbocycles. The molecule has 2 aromatic rings. The van der Waals surface area contributed by atoms with E-state index >= 15 is 0 Å². The number of rotatable bonds is 2. The number of hydrogen-bond acceptors (Lipinski definition) is 1. The molecule has 0 N–H and O–H groups in total. The first-order valence-corrected chi connectivity index (χ1v) is 7.73. The fourth-order valence-electron chi connectivity index (χ4n) is 3.23. The predicted octanol–water partition coefficient (Wildman–Crippen LogP) is 4.97. The van der Waals surface area contributed by atoms with Crippen molar-refractivity contribution in [3.05, 3.63) is 42.1 Å². The van der Waals surface area contributed by atoms with Crippen molar-refractivity contribution in [2.75, 3.05) is 0 Å². The molecule has 100 valence electrons. The molecule has 1 aliphatic carbocycles. The van der Waals surface area contributed by atoms with Gasteiger partial charge in [-0.1, -0.05) is 37.5 Å². The van der Waals surface area contributed by atoms with E-state index in [-0.39, 0.29) is 0 Å². The number of alkyl halides is 1. The first kappa shape index (κ1) is 12.9. The van der Waals surface area contributed by atoms with Crippen LogP contribution in [0.4, 0.5) is 0 Å². The number of hydrogen-bond donors (Lipinski definition) is 0. The first-order chi connectivity index (χ1) is 9.33. The van der Waals surface area contributed by atoms with Crippen LogP contribution >= 0.6 is 11.6 Å². The lowest BCUT2D eigenvalue weighted by Crippen LogP contribution is -2.09. The third kappa shape index (κ3) is 3.09. The Balaban J connectivity index is 1.84. The molecule has 0 spiro atoms. The van der Waals surface area contributed by atoms with Gasteiger partial charge in [0.15, 0.2) is 0 Å². The number of aromatic nitrogens is 1. The molecule has 0 amide bonds. The highest BCUT2D eigenvalue weighted by Crippen LogP contribution is 2.30. The molecule has 1 fully saturated rings. The average Bonchev–Trinajstić information content (AvgIpc) is 2.63. The summed E-state index contributed by atoms with van der Waals surface area (Å²) in [6.45, 7) is 0. The zero-order valence-corrected chi connectivity index (χ0v) is 11.9. The van der Waals surface area contributed by atoms with E-state index < -0.39 is 0 Å². The lowest BCUT2D eigenvalue weighted by molar-refractivity contribution is 0.461. The Hall–Kier alpha value is -1.08. The largest absolute Gasteiger partial charge is 0.256 e. The molecule has 1 heterocycles. The summed E-state index contributed by atoms with van der Waals surface area (Å²) in [6, 6.07) is 10.6. The van der Waals surface area contributed by atoms with Gasteiger partial charge in [0.2, 0.25) is 0 Å². The SMILES string of the molecule is ClC1CCCCC(Cc2ccnc3ccccc23)C1. The Kier molecular flexibility index (Phi) is 4.03. The van der Waals surface area contributed by atoms with Gasteiger partial charge >= 0.3 is 0 Å². The highest BCUT2D eigenvalue weighted by atomic mass is 35.5. The molecule has 2 heteroatoms. The third-order valence-electron chi connectivity index (χ3n) is 4.22. The molecule has 1 aliphatic rings. The summed E-state index contributed by atoms with van der Waals surface area (Å²) in [6.07, 6.45) is 9.38. The minimum Gasteiger partial charge on any atom is -0.256 e. The molecule has 0 bridgehead atoms. The van der Waals surface area contributed by atoms with Gasteiger partial charge in [0.1, 0.15) is 0 Å². The lowest BCUT2D eigenvalue weighted by atomic mass is 9.91. The minimum atomic E-state index is 0.376. The smallest absolute Gasteiger partial charge is 0.0704 e. The van der Waals surface area contributed by atoms with E-state index in [4.69, 9.17) is 11.6 Å². The summed E-state index contributed by atoms with van der Waals surface area (Å²) in [5.74, 6) is 0.732. The number of benzene rings is 1. The standard InChI is InChI=1S/C17H20ClN/c18-15-6-2-1-5-13(12-15)11-14-9-10-19-17-8-4-3-7-16(14)17/h3-4,7-10,13,15H,1-2,5-6,11-12H2. The van der Waals surface area contributed by atoms with Crippen molar-refractivity contribution in [2.45, 2.75) is 43.9 Å². The molecule has 0 radical (unpaired) electrons. The Bertz CT molecular complexity index is 546. The minimum absolute atomic E-state index is 0.376. The fraction of sp³-hybridized carbons (Fsp3) is 0.471. The summed E-state index contributed by atoms with van der Waals surface area (Å²) in [4.78, 5) is 4.44. The molecule has 0 aliphatic heterocycles. The van der Waals surface area contributed by atoms with Crippen molar-refractivity contribution in [3.63, 3.8) is 0 Å². The molecule has 19 heavy (non-hydrogen) atoms. The molecule has 3 rings (SSSR count). The molecule has 0 saturated heterocycles. The molecular weight excluding hydrogens is 254 g/mol. The van der Waals surface area contributed by atoms with Crippen LogP contribution in [0.5, 0.6) is 0 Å². The van der Waals surface area contributed by atoms with Crippen LogP contribution in [0.25, 0.3) is 10.9 Å². The second-order valence-electron chi connectivity index (χ2n) is 5.67. The van der Waals surface area contributed by atoms with Gasteiger partial charge in [-0.05, 0) is 42.9 Å². The van der Waals surface area contributed by atoms with Gasteiger partial charge in [0.05, 0.1) is 5.52 Å². The van der Waals surface area contributed by atoms with Crippen LogP contribution in [-0.2, 0) is 6.42 Å². The topological polar surface area (TPSA) is 12.9 Å². The molecular formula is C17H20ClN. The van der Waals surface area contributed by atoms with Crippen LogP contribution in [0.15, 0.2) is 36.5 Å². The van der Waals surface area contributed by atoms with E-state index in [1.807, 2.05) is 6.20 Å². The number of halogens is 1. The van der Waals surface area contributed by atoms with E-state index in [0.717, 1.165) is 24.3 Å². The van der Waals surface area contributed by atoms with E-state index in [1.165, 1.54) is 36.6 Å². The first-order valence-electron chi connectivity index (χ1n) is 7.29. The van der Waals surface area contributed by atoms with Crippen LogP contribution < -0.4 is 0 Å². The van der Waals surface area contributed by atoms with Crippen LogP contribution in [-0.4, -0.2) is 10.4 Å². The van der Waals surface area contributed by atoms with E-state index in [9.17, 15) is 0 Å². The summed E-state index contributed by atoms with van der Waals surface area (Å²) in [5.41, 5.74) is 2.54. The second-order valence-corrected chi connectivity index (χ2v) is 6.29. The average molecular weight is 274 g/mol. The Labute approximate surface area is 120 Å². The van der Waals surface area contributed by atoms with Gasteiger partial charge in [-0.15, -0.1) is 11.6 Å². The molecule has 1 saturated carbocycles. The van der Waals surface area contributed by atoms with Crippen molar-refractivity contribution in [1.29, 1.82) is 0 Å². The molecule has 2 unspecified atom stereocenters. The monoisotopic (exact) mass is 273 g/mol. The fourth-order valence-corrected chi connectivity index (χ4v) is 3.63. The van der Waals surface area contributed by atoms with Crippen molar-refractivity contribution < 1.29 is 0 Å². The molecule has 1 nitrogen and oxygen atoms in total. The van der Waals surface area contributed by atoms with Gasteiger partial charge in [-0.2, -0.15) is 0 Å². The quantitative estimate of drug-likeness (QED) is 0.556. The van der Waals surface area contributed by atoms with Gasteiger partial charge in [0.25, 0.3) is 0 Å². The number of fused-ring (bicyclic) bond motifs is 1. The lowest BCUT2D eigenvalue weighted by Gasteiger charge is -2.17. The molecule has 1 aromatic heterocycles. The third-order valence-corrected chi connectivity index (χ3v) is 4.61. The maximum absolute atomic E-state index is 6.39. The Morgan fingerprint density at radius 1 is 1.11 bits per heavy atom. The van der Waals surface area contributed by atoms with Crippen LogP contribution in [0.3, 0.4) is 0 Å². The Morgan fingerprint density at radius 2 is 1.95 bits per heavy atom.